The number of hydrogen-bond donors (Lipinski definition) is 0. The first kappa shape index (κ1) is 13.4. The average Bonchev–Trinajstić information content (AvgIpc) is 3.21. The van der Waals surface area contributed by atoms with Crippen molar-refractivity contribution >= 4 is 21.8 Å². The van der Waals surface area contributed by atoms with Gasteiger partial charge in [-0.2, -0.15) is 0 Å². The highest BCUT2D eigenvalue weighted by atomic mass is 79.9. The molecule has 0 saturated heterocycles. The molecular weight excluding hydrogens is 318 g/mol. The highest BCUT2D eigenvalue weighted by Crippen LogP contribution is 2.30. The largest absolute Gasteiger partial charge is 0.467 e. The smallest absolute Gasteiger partial charge is 0.254 e. The quantitative estimate of drug-likeness (QED) is 0.775. The lowest BCUT2D eigenvalue weighted by Gasteiger charge is -2.21. The van der Waals surface area contributed by atoms with Gasteiger partial charge in [-0.3, -0.25) is 4.79 Å². The van der Waals surface area contributed by atoms with Crippen molar-refractivity contribution in [2.24, 2.45) is 0 Å². The number of carbonyl (C=O) groups is 1. The summed E-state index contributed by atoms with van der Waals surface area (Å²) in [6.45, 7) is 0.552. The summed E-state index contributed by atoms with van der Waals surface area (Å²) < 4.78 is 5.36. The van der Waals surface area contributed by atoms with Crippen LogP contribution in [0.25, 0.3) is 0 Å². The number of carbonyl (C=O) groups excluding carboxylic acids is 1. The van der Waals surface area contributed by atoms with Gasteiger partial charge in [0.15, 0.2) is 0 Å². The highest BCUT2D eigenvalue weighted by Gasteiger charge is 2.33. The van der Waals surface area contributed by atoms with E-state index in [1.807, 2.05) is 41.3 Å². The molecule has 1 amide bonds. The Morgan fingerprint density at radius 2 is 2.00 bits per heavy atom. The number of amides is 1. The molecule has 0 aliphatic heterocycles. The van der Waals surface area contributed by atoms with Crippen molar-refractivity contribution in [1.82, 2.24) is 4.90 Å². The van der Waals surface area contributed by atoms with Crippen LogP contribution in [0.15, 0.2) is 47.1 Å². The molecule has 0 bridgehead atoms. The fourth-order valence-electron chi connectivity index (χ4n) is 2.23. The Hall–Kier alpha value is -1.55. The molecule has 1 aromatic heterocycles. The van der Waals surface area contributed by atoms with E-state index >= 15 is 0 Å². The summed E-state index contributed by atoms with van der Waals surface area (Å²) in [6.07, 6.45) is 3.83. The predicted octanol–water partition coefficient (Wildman–Crippen LogP) is 3.98. The van der Waals surface area contributed by atoms with Crippen LogP contribution in [0.1, 0.15) is 34.5 Å². The van der Waals surface area contributed by atoms with Crippen LogP contribution in [0.3, 0.4) is 0 Å². The van der Waals surface area contributed by atoms with Crippen LogP contribution >= 0.6 is 15.9 Å². The minimum absolute atomic E-state index is 0.0880. The van der Waals surface area contributed by atoms with Crippen molar-refractivity contribution in [2.45, 2.75) is 30.8 Å². The standard InChI is InChI=1S/C16H16BrNO2/c17-10-12-3-5-13(6-4-12)16(19)18(14-7-8-14)11-15-2-1-9-20-15/h1-6,9,14H,7-8,10-11H2. The predicted molar refractivity (Wildman–Crippen MR) is 80.7 cm³/mol. The zero-order valence-corrected chi connectivity index (χ0v) is 12.7. The molecule has 1 aromatic carbocycles. The summed E-state index contributed by atoms with van der Waals surface area (Å²) in [4.78, 5) is 14.5. The fraction of sp³-hybridized carbons (Fsp3) is 0.312. The van der Waals surface area contributed by atoms with E-state index in [-0.39, 0.29) is 5.91 Å². The first-order chi connectivity index (χ1) is 9.78. The molecule has 4 heteroatoms. The van der Waals surface area contributed by atoms with Crippen LogP contribution in [0, 0.1) is 0 Å². The SMILES string of the molecule is O=C(c1ccc(CBr)cc1)N(Cc1ccco1)C1CC1. The van der Waals surface area contributed by atoms with Gasteiger partial charge in [0.05, 0.1) is 12.8 Å². The monoisotopic (exact) mass is 333 g/mol. The Labute approximate surface area is 126 Å². The molecule has 0 spiro atoms. The second kappa shape index (κ2) is 5.83. The molecule has 20 heavy (non-hydrogen) atoms. The number of furan rings is 1. The van der Waals surface area contributed by atoms with E-state index in [2.05, 4.69) is 15.9 Å². The summed E-state index contributed by atoms with van der Waals surface area (Å²) in [5, 5.41) is 0.806. The topological polar surface area (TPSA) is 33.5 Å². The van der Waals surface area contributed by atoms with Gasteiger partial charge in [0, 0.05) is 16.9 Å². The molecule has 0 atom stereocenters. The maximum atomic E-state index is 12.6. The lowest BCUT2D eigenvalue weighted by molar-refractivity contribution is 0.0717. The van der Waals surface area contributed by atoms with E-state index < -0.39 is 0 Å². The van der Waals surface area contributed by atoms with E-state index in [1.165, 1.54) is 5.56 Å². The zero-order valence-electron chi connectivity index (χ0n) is 11.1. The molecule has 104 valence electrons. The van der Waals surface area contributed by atoms with Gasteiger partial charge in [-0.1, -0.05) is 28.1 Å². The van der Waals surface area contributed by atoms with E-state index in [0.717, 1.165) is 29.5 Å². The molecule has 1 saturated carbocycles. The summed E-state index contributed by atoms with van der Waals surface area (Å²) in [5.74, 6) is 0.923. The number of nitrogens with zero attached hydrogens (tertiary/aromatic N) is 1. The maximum absolute atomic E-state index is 12.6. The zero-order chi connectivity index (χ0) is 13.9. The van der Waals surface area contributed by atoms with Crippen LogP contribution < -0.4 is 0 Å². The van der Waals surface area contributed by atoms with Gasteiger partial charge in [-0.15, -0.1) is 0 Å². The molecule has 3 rings (SSSR count). The Balaban J connectivity index is 1.77. The molecule has 2 aromatic rings. The summed E-state index contributed by atoms with van der Waals surface area (Å²) >= 11 is 3.41. The van der Waals surface area contributed by atoms with E-state index in [0.29, 0.717) is 12.6 Å². The van der Waals surface area contributed by atoms with Gasteiger partial charge in [0.1, 0.15) is 5.76 Å². The van der Waals surface area contributed by atoms with Crippen molar-refractivity contribution in [2.75, 3.05) is 0 Å². The van der Waals surface area contributed by atoms with Gasteiger partial charge in [0.25, 0.3) is 5.91 Å². The molecule has 1 aliphatic rings. The van der Waals surface area contributed by atoms with Crippen LogP contribution in [0.5, 0.6) is 0 Å². The molecular formula is C16H16BrNO2. The number of alkyl halides is 1. The lowest BCUT2D eigenvalue weighted by Crippen LogP contribution is -2.32. The van der Waals surface area contributed by atoms with E-state index in [1.54, 1.807) is 6.26 Å². The Bertz CT molecular complexity index is 573. The van der Waals surface area contributed by atoms with Crippen molar-refractivity contribution in [3.63, 3.8) is 0 Å². The number of hydrogen-bond acceptors (Lipinski definition) is 2. The summed E-state index contributed by atoms with van der Waals surface area (Å²) in [6, 6.07) is 11.9. The third-order valence-electron chi connectivity index (χ3n) is 3.51. The number of rotatable bonds is 5. The third kappa shape index (κ3) is 2.96. The molecule has 1 heterocycles. The van der Waals surface area contributed by atoms with Crippen LogP contribution in [-0.2, 0) is 11.9 Å². The van der Waals surface area contributed by atoms with Crippen LogP contribution in [0.2, 0.25) is 0 Å². The first-order valence-electron chi connectivity index (χ1n) is 6.76. The highest BCUT2D eigenvalue weighted by molar-refractivity contribution is 9.08. The van der Waals surface area contributed by atoms with Gasteiger partial charge >= 0.3 is 0 Å². The van der Waals surface area contributed by atoms with Crippen LogP contribution in [0.4, 0.5) is 0 Å². The number of benzene rings is 1. The molecule has 0 unspecified atom stereocenters. The Kier molecular flexibility index (Phi) is 3.92. The second-order valence-corrected chi connectivity index (χ2v) is 5.63. The van der Waals surface area contributed by atoms with Gasteiger partial charge in [0.2, 0.25) is 0 Å². The minimum Gasteiger partial charge on any atom is -0.467 e. The van der Waals surface area contributed by atoms with E-state index in [9.17, 15) is 4.79 Å². The minimum atomic E-state index is 0.0880. The first-order valence-corrected chi connectivity index (χ1v) is 7.88. The van der Waals surface area contributed by atoms with Crippen molar-refractivity contribution in [3.05, 3.63) is 59.5 Å². The Morgan fingerprint density at radius 1 is 1.25 bits per heavy atom. The molecule has 0 N–H and O–H groups in total. The second-order valence-electron chi connectivity index (χ2n) is 5.07. The molecule has 0 radical (unpaired) electrons. The normalized spacial score (nSPS) is 14.2. The molecule has 1 fully saturated rings. The number of halogens is 1. The van der Waals surface area contributed by atoms with E-state index in [4.69, 9.17) is 4.42 Å². The molecule has 1 aliphatic carbocycles. The third-order valence-corrected chi connectivity index (χ3v) is 4.16. The Morgan fingerprint density at radius 3 is 2.55 bits per heavy atom. The van der Waals surface area contributed by atoms with Crippen molar-refractivity contribution < 1.29 is 9.21 Å². The van der Waals surface area contributed by atoms with Gasteiger partial charge in [-0.05, 0) is 42.7 Å². The van der Waals surface area contributed by atoms with Crippen molar-refractivity contribution in [3.8, 4) is 0 Å². The maximum Gasteiger partial charge on any atom is 0.254 e. The fourth-order valence-corrected chi connectivity index (χ4v) is 2.60. The van der Waals surface area contributed by atoms with Gasteiger partial charge < -0.3 is 9.32 Å². The van der Waals surface area contributed by atoms with Crippen LogP contribution in [-0.4, -0.2) is 16.8 Å². The molecule has 3 nitrogen and oxygen atoms in total. The summed E-state index contributed by atoms with van der Waals surface area (Å²) in [7, 11) is 0. The summed E-state index contributed by atoms with van der Waals surface area (Å²) in [5.41, 5.74) is 1.92. The van der Waals surface area contributed by atoms with Crippen molar-refractivity contribution in [1.29, 1.82) is 0 Å². The average molecular weight is 334 g/mol. The lowest BCUT2D eigenvalue weighted by atomic mass is 10.1. The van der Waals surface area contributed by atoms with Gasteiger partial charge in [-0.25, -0.2) is 0 Å².